The average molecular weight is 377 g/mol. The first kappa shape index (κ1) is 18.3. The molecule has 1 saturated carbocycles. The van der Waals surface area contributed by atoms with Gasteiger partial charge in [-0.05, 0) is 43.9 Å². The Morgan fingerprint density at radius 2 is 2.04 bits per heavy atom. The molecule has 1 fully saturated rings. The molecular weight excluding hydrogens is 356 g/mol. The molecule has 1 aliphatic rings. The molecule has 0 unspecified atom stereocenters. The van der Waals surface area contributed by atoms with Crippen LogP contribution in [0.4, 0.5) is 10.5 Å². The largest absolute Gasteiger partial charge is 0.495 e. The highest BCUT2D eigenvalue weighted by Gasteiger charge is 2.24. The van der Waals surface area contributed by atoms with E-state index < -0.39 is 0 Å². The number of hydrogen-bond donors (Lipinski definition) is 2. The second-order valence-electron chi connectivity index (χ2n) is 6.08. The van der Waals surface area contributed by atoms with Crippen LogP contribution in [-0.4, -0.2) is 35.3 Å². The van der Waals surface area contributed by atoms with Gasteiger partial charge in [0.05, 0.1) is 19.0 Å². The SMILES string of the molecule is COc1ccc(Cl)cc1NC(=O)NC1CCC(Oc2cnccn2)CC1. The summed E-state index contributed by atoms with van der Waals surface area (Å²) in [5, 5.41) is 6.31. The molecule has 0 saturated heterocycles. The second kappa shape index (κ2) is 8.71. The monoisotopic (exact) mass is 376 g/mol. The van der Waals surface area contributed by atoms with E-state index in [4.69, 9.17) is 21.1 Å². The topological polar surface area (TPSA) is 85.4 Å². The molecule has 2 amide bonds. The van der Waals surface area contributed by atoms with Crippen molar-refractivity contribution in [1.82, 2.24) is 15.3 Å². The highest BCUT2D eigenvalue weighted by molar-refractivity contribution is 6.31. The molecule has 1 aromatic heterocycles. The van der Waals surface area contributed by atoms with E-state index in [-0.39, 0.29) is 18.2 Å². The molecule has 1 aromatic carbocycles. The Morgan fingerprint density at radius 1 is 1.23 bits per heavy atom. The number of halogens is 1. The lowest BCUT2D eigenvalue weighted by Gasteiger charge is -2.29. The smallest absolute Gasteiger partial charge is 0.319 e. The van der Waals surface area contributed by atoms with Crippen molar-refractivity contribution in [2.75, 3.05) is 12.4 Å². The zero-order chi connectivity index (χ0) is 18.4. The van der Waals surface area contributed by atoms with Crippen LogP contribution in [0.5, 0.6) is 11.6 Å². The Bertz CT molecular complexity index is 736. The summed E-state index contributed by atoms with van der Waals surface area (Å²) in [5.41, 5.74) is 0.539. The minimum absolute atomic E-state index is 0.0980. The highest BCUT2D eigenvalue weighted by Crippen LogP contribution is 2.28. The van der Waals surface area contributed by atoms with E-state index in [1.807, 2.05) is 0 Å². The Kier molecular flexibility index (Phi) is 6.12. The summed E-state index contributed by atoms with van der Waals surface area (Å²) in [7, 11) is 1.55. The van der Waals surface area contributed by atoms with Crippen LogP contribution in [-0.2, 0) is 0 Å². The van der Waals surface area contributed by atoms with E-state index in [1.165, 1.54) is 0 Å². The molecule has 0 aliphatic heterocycles. The van der Waals surface area contributed by atoms with Gasteiger partial charge in [0.2, 0.25) is 5.88 Å². The number of nitrogens with zero attached hydrogens (tertiary/aromatic N) is 2. The summed E-state index contributed by atoms with van der Waals surface area (Å²) < 4.78 is 11.0. The fraction of sp³-hybridized carbons (Fsp3) is 0.389. The summed E-state index contributed by atoms with van der Waals surface area (Å²) in [6, 6.07) is 4.91. The van der Waals surface area contributed by atoms with Gasteiger partial charge in [-0.1, -0.05) is 11.6 Å². The molecular formula is C18H21ClN4O3. The first-order chi connectivity index (χ1) is 12.6. The maximum Gasteiger partial charge on any atom is 0.319 e. The Morgan fingerprint density at radius 3 is 2.73 bits per heavy atom. The van der Waals surface area contributed by atoms with Gasteiger partial charge in [-0.25, -0.2) is 9.78 Å². The van der Waals surface area contributed by atoms with Crippen molar-refractivity contribution in [2.24, 2.45) is 0 Å². The average Bonchev–Trinajstić information content (AvgIpc) is 2.64. The maximum absolute atomic E-state index is 12.3. The summed E-state index contributed by atoms with van der Waals surface area (Å²) in [5.74, 6) is 1.10. The maximum atomic E-state index is 12.3. The zero-order valence-electron chi connectivity index (χ0n) is 14.4. The Hall–Kier alpha value is -2.54. The number of rotatable bonds is 5. The van der Waals surface area contributed by atoms with Gasteiger partial charge >= 0.3 is 6.03 Å². The van der Waals surface area contributed by atoms with Gasteiger partial charge in [0.25, 0.3) is 0 Å². The molecule has 138 valence electrons. The third kappa shape index (κ3) is 4.98. The molecule has 1 heterocycles. The Balaban J connectivity index is 1.47. The fourth-order valence-corrected chi connectivity index (χ4v) is 3.14. The lowest BCUT2D eigenvalue weighted by atomic mass is 9.93. The lowest BCUT2D eigenvalue weighted by molar-refractivity contribution is 0.135. The number of benzene rings is 1. The van der Waals surface area contributed by atoms with Crippen molar-refractivity contribution in [3.05, 3.63) is 41.8 Å². The first-order valence-electron chi connectivity index (χ1n) is 8.48. The van der Waals surface area contributed by atoms with Crippen molar-refractivity contribution in [1.29, 1.82) is 0 Å². The third-order valence-electron chi connectivity index (χ3n) is 4.25. The van der Waals surface area contributed by atoms with Crippen LogP contribution in [0, 0.1) is 0 Å². The van der Waals surface area contributed by atoms with Gasteiger partial charge in [0, 0.05) is 23.5 Å². The number of aromatic nitrogens is 2. The molecule has 7 nitrogen and oxygen atoms in total. The fourth-order valence-electron chi connectivity index (χ4n) is 2.96. The number of carbonyl (C=O) groups excluding carboxylic acids is 1. The number of methoxy groups -OCH3 is 1. The van der Waals surface area contributed by atoms with Gasteiger partial charge in [0.15, 0.2) is 0 Å². The van der Waals surface area contributed by atoms with E-state index in [0.29, 0.717) is 22.3 Å². The van der Waals surface area contributed by atoms with Crippen molar-refractivity contribution in [3.63, 3.8) is 0 Å². The van der Waals surface area contributed by atoms with E-state index in [1.54, 1.807) is 43.9 Å². The van der Waals surface area contributed by atoms with Crippen molar-refractivity contribution in [2.45, 2.75) is 37.8 Å². The molecule has 0 atom stereocenters. The highest BCUT2D eigenvalue weighted by atomic mass is 35.5. The van der Waals surface area contributed by atoms with Gasteiger partial charge in [-0.3, -0.25) is 4.98 Å². The zero-order valence-corrected chi connectivity index (χ0v) is 15.2. The molecule has 2 aromatic rings. The first-order valence-corrected chi connectivity index (χ1v) is 8.85. The number of urea groups is 1. The van der Waals surface area contributed by atoms with Crippen LogP contribution >= 0.6 is 11.6 Å². The van der Waals surface area contributed by atoms with Crippen LogP contribution in [0.3, 0.4) is 0 Å². The quantitative estimate of drug-likeness (QED) is 0.831. The number of amides is 2. The summed E-state index contributed by atoms with van der Waals surface area (Å²) in [6.07, 6.45) is 8.30. The van der Waals surface area contributed by atoms with Gasteiger partial charge in [-0.2, -0.15) is 0 Å². The molecule has 3 rings (SSSR count). The molecule has 2 N–H and O–H groups in total. The van der Waals surface area contributed by atoms with Crippen LogP contribution < -0.4 is 20.1 Å². The van der Waals surface area contributed by atoms with Crippen molar-refractivity contribution < 1.29 is 14.3 Å². The minimum atomic E-state index is -0.274. The van der Waals surface area contributed by atoms with Crippen molar-refractivity contribution >= 4 is 23.3 Å². The standard InChI is InChI=1S/C18H21ClN4O3/c1-25-16-7-2-12(19)10-15(16)23-18(24)22-13-3-5-14(6-4-13)26-17-11-20-8-9-21-17/h2,7-11,13-14H,3-6H2,1H3,(H2,22,23,24). The number of ether oxygens (including phenoxy) is 2. The molecule has 0 radical (unpaired) electrons. The van der Waals surface area contributed by atoms with E-state index in [9.17, 15) is 4.79 Å². The summed E-state index contributed by atoms with van der Waals surface area (Å²) in [4.78, 5) is 20.4. The van der Waals surface area contributed by atoms with Gasteiger partial charge in [0.1, 0.15) is 11.9 Å². The van der Waals surface area contributed by atoms with Crippen LogP contribution in [0.15, 0.2) is 36.8 Å². The second-order valence-corrected chi connectivity index (χ2v) is 6.51. The van der Waals surface area contributed by atoms with Crippen LogP contribution in [0.1, 0.15) is 25.7 Å². The van der Waals surface area contributed by atoms with E-state index in [2.05, 4.69) is 20.6 Å². The number of anilines is 1. The van der Waals surface area contributed by atoms with Crippen LogP contribution in [0.2, 0.25) is 5.02 Å². The summed E-state index contributed by atoms with van der Waals surface area (Å²) >= 11 is 5.98. The number of nitrogens with one attached hydrogen (secondary N) is 2. The number of hydrogen-bond acceptors (Lipinski definition) is 5. The predicted molar refractivity (Wildman–Crippen MR) is 98.9 cm³/mol. The molecule has 0 spiro atoms. The van der Waals surface area contributed by atoms with Crippen molar-refractivity contribution in [3.8, 4) is 11.6 Å². The Labute approximate surface area is 157 Å². The normalized spacial score (nSPS) is 19.5. The van der Waals surface area contributed by atoms with E-state index in [0.717, 1.165) is 25.7 Å². The van der Waals surface area contributed by atoms with E-state index >= 15 is 0 Å². The molecule has 0 bridgehead atoms. The summed E-state index contributed by atoms with van der Waals surface area (Å²) in [6.45, 7) is 0. The van der Waals surface area contributed by atoms with Gasteiger partial charge < -0.3 is 20.1 Å². The predicted octanol–water partition coefficient (Wildman–Crippen LogP) is 3.65. The van der Waals surface area contributed by atoms with Crippen LogP contribution in [0.25, 0.3) is 0 Å². The molecule has 1 aliphatic carbocycles. The molecule has 26 heavy (non-hydrogen) atoms. The van der Waals surface area contributed by atoms with Gasteiger partial charge in [-0.15, -0.1) is 0 Å². The third-order valence-corrected chi connectivity index (χ3v) is 4.48. The molecule has 8 heteroatoms. The minimum Gasteiger partial charge on any atom is -0.495 e. The number of carbonyl (C=O) groups is 1. The lowest BCUT2D eigenvalue weighted by Crippen LogP contribution is -2.41.